The molecule has 2 amide bonds. The van der Waals surface area contributed by atoms with Crippen molar-refractivity contribution >= 4 is 21.7 Å². The van der Waals surface area contributed by atoms with E-state index in [-0.39, 0.29) is 28.4 Å². The first-order valence-electron chi connectivity index (χ1n) is 11.8. The van der Waals surface area contributed by atoms with E-state index in [0.717, 1.165) is 43.5 Å². The molecule has 7 nitrogen and oxygen atoms in total. The van der Waals surface area contributed by atoms with E-state index < -0.39 is 21.8 Å². The zero-order chi connectivity index (χ0) is 26.4. The Kier molecular flexibility index (Phi) is 6.23. The second-order valence-corrected chi connectivity index (χ2v) is 11.1. The van der Waals surface area contributed by atoms with E-state index in [2.05, 4.69) is 10.3 Å². The molecule has 0 radical (unpaired) electrons. The summed E-state index contributed by atoms with van der Waals surface area (Å²) in [5, 5.41) is 8.00. The van der Waals surface area contributed by atoms with Crippen molar-refractivity contribution in [2.24, 2.45) is 5.14 Å². The van der Waals surface area contributed by atoms with Crippen LogP contribution >= 0.6 is 0 Å². The smallest absolute Gasteiger partial charge is 0.334 e. The molecule has 1 spiro atoms. The molecule has 1 aliphatic carbocycles. The Morgan fingerprint density at radius 2 is 1.78 bits per heavy atom. The van der Waals surface area contributed by atoms with Crippen LogP contribution in [-0.2, 0) is 28.2 Å². The molecule has 2 aliphatic rings. The summed E-state index contributed by atoms with van der Waals surface area (Å²) >= 11 is 0. The number of fused-ring (bicyclic) bond motifs is 2. The molecule has 1 saturated carbocycles. The molecular formula is C26H25F3N4O3S. The molecule has 3 N–H and O–H groups in total. The minimum Gasteiger partial charge on any atom is -0.334 e. The van der Waals surface area contributed by atoms with Crippen LogP contribution in [0.25, 0.3) is 11.1 Å². The number of benzene rings is 2. The minimum absolute atomic E-state index is 0.0109. The third-order valence-corrected chi connectivity index (χ3v) is 8.19. The van der Waals surface area contributed by atoms with Crippen molar-refractivity contribution in [2.45, 2.75) is 48.7 Å². The minimum atomic E-state index is -4.51. The molecule has 0 unspecified atom stereocenters. The van der Waals surface area contributed by atoms with Gasteiger partial charge in [0.25, 0.3) is 0 Å². The molecule has 1 fully saturated rings. The normalized spacial score (nSPS) is 16.7. The number of alkyl halides is 3. The van der Waals surface area contributed by atoms with Crippen molar-refractivity contribution in [1.82, 2.24) is 10.3 Å². The van der Waals surface area contributed by atoms with Crippen molar-refractivity contribution in [2.75, 3.05) is 11.4 Å². The number of hydrogen-bond acceptors (Lipinski definition) is 4. The van der Waals surface area contributed by atoms with Gasteiger partial charge in [0.15, 0.2) is 0 Å². The average Bonchev–Trinajstić information content (AvgIpc) is 3.47. The molecule has 0 saturated heterocycles. The molecular weight excluding hydrogens is 505 g/mol. The molecule has 2 heterocycles. The molecule has 194 valence electrons. The largest absolute Gasteiger partial charge is 0.417 e. The van der Waals surface area contributed by atoms with Crippen LogP contribution in [0.3, 0.4) is 0 Å². The van der Waals surface area contributed by atoms with E-state index in [1.54, 1.807) is 35.2 Å². The van der Waals surface area contributed by atoms with Gasteiger partial charge in [0.1, 0.15) is 0 Å². The third-order valence-electron chi connectivity index (χ3n) is 7.26. The Labute approximate surface area is 212 Å². The van der Waals surface area contributed by atoms with Crippen LogP contribution in [-0.4, -0.2) is 26.0 Å². The molecule has 1 aromatic heterocycles. The van der Waals surface area contributed by atoms with Gasteiger partial charge in [-0.3, -0.25) is 9.88 Å². The first-order chi connectivity index (χ1) is 17.5. The standard InChI is InChI=1S/C26H25F3N4O3S/c27-26(28,29)21-9-12-31-15-20(21)18-5-8-23-22(13-18)25(10-1-2-11-25)16-33(23)24(34)32-14-17-3-6-19(7-4-17)37(30,35)36/h3-9,12-13,15H,1-2,10-11,14,16H2,(H,32,34)(H2,30,35,36). The van der Waals surface area contributed by atoms with E-state index in [0.29, 0.717) is 23.4 Å². The molecule has 1 aliphatic heterocycles. The van der Waals surface area contributed by atoms with E-state index >= 15 is 0 Å². The number of nitrogens with zero attached hydrogens (tertiary/aromatic N) is 2. The summed E-state index contributed by atoms with van der Waals surface area (Å²) < 4.78 is 63.8. The summed E-state index contributed by atoms with van der Waals surface area (Å²) in [6.45, 7) is 0.617. The number of nitrogens with one attached hydrogen (secondary N) is 1. The first-order valence-corrected chi connectivity index (χ1v) is 13.4. The number of nitrogens with two attached hydrogens (primary N) is 1. The summed E-state index contributed by atoms with van der Waals surface area (Å²) in [5.41, 5.74) is 1.64. The number of amides is 2. The van der Waals surface area contributed by atoms with Gasteiger partial charge in [0.05, 0.1) is 10.5 Å². The Bertz CT molecular complexity index is 1450. The van der Waals surface area contributed by atoms with Crippen LogP contribution in [0.1, 0.15) is 42.4 Å². The second-order valence-electron chi connectivity index (χ2n) is 9.57. The number of rotatable bonds is 4. The monoisotopic (exact) mass is 530 g/mol. The number of anilines is 1. The van der Waals surface area contributed by atoms with Crippen LogP contribution in [0.4, 0.5) is 23.7 Å². The van der Waals surface area contributed by atoms with E-state index in [1.807, 2.05) is 0 Å². The lowest BCUT2D eigenvalue weighted by molar-refractivity contribution is -0.137. The number of halogens is 3. The van der Waals surface area contributed by atoms with Crippen LogP contribution in [0.5, 0.6) is 0 Å². The fourth-order valence-electron chi connectivity index (χ4n) is 5.44. The summed E-state index contributed by atoms with van der Waals surface area (Å²) in [7, 11) is -3.81. The lowest BCUT2D eigenvalue weighted by Gasteiger charge is -2.25. The highest BCUT2D eigenvalue weighted by Crippen LogP contribution is 2.51. The SMILES string of the molecule is NS(=O)(=O)c1ccc(CNC(=O)N2CC3(CCCC3)c3cc(-c4cnccc4C(F)(F)F)ccc32)cc1. The van der Waals surface area contributed by atoms with Gasteiger partial charge in [-0.25, -0.2) is 18.4 Å². The van der Waals surface area contributed by atoms with Crippen molar-refractivity contribution < 1.29 is 26.4 Å². The maximum absolute atomic E-state index is 13.7. The van der Waals surface area contributed by atoms with Crippen molar-refractivity contribution in [3.63, 3.8) is 0 Å². The van der Waals surface area contributed by atoms with Gasteiger partial charge in [-0.2, -0.15) is 13.2 Å². The highest BCUT2D eigenvalue weighted by molar-refractivity contribution is 7.89. The highest BCUT2D eigenvalue weighted by Gasteiger charge is 2.46. The Morgan fingerprint density at radius 1 is 1.08 bits per heavy atom. The average molecular weight is 531 g/mol. The first kappa shape index (κ1) is 25.2. The van der Waals surface area contributed by atoms with Crippen molar-refractivity contribution in [3.8, 4) is 11.1 Å². The summed E-state index contributed by atoms with van der Waals surface area (Å²) in [5.74, 6) is 0. The van der Waals surface area contributed by atoms with Gasteiger partial charge in [0.2, 0.25) is 10.0 Å². The van der Waals surface area contributed by atoms with E-state index in [4.69, 9.17) is 5.14 Å². The molecule has 11 heteroatoms. The van der Waals surface area contributed by atoms with Gasteiger partial charge >= 0.3 is 12.2 Å². The summed E-state index contributed by atoms with van der Waals surface area (Å²) in [6, 6.07) is 11.7. The number of urea groups is 1. The number of hydrogen-bond donors (Lipinski definition) is 2. The Morgan fingerprint density at radius 3 is 2.43 bits per heavy atom. The molecule has 37 heavy (non-hydrogen) atoms. The Balaban J connectivity index is 1.43. The van der Waals surface area contributed by atoms with Crippen LogP contribution in [0, 0.1) is 0 Å². The number of carbonyl (C=O) groups excluding carboxylic acids is 1. The van der Waals surface area contributed by atoms with Crippen LogP contribution in [0.2, 0.25) is 0 Å². The van der Waals surface area contributed by atoms with Crippen LogP contribution in [0.15, 0.2) is 65.8 Å². The van der Waals surface area contributed by atoms with Crippen molar-refractivity contribution in [3.05, 3.63) is 77.6 Å². The van der Waals surface area contributed by atoms with E-state index in [1.165, 1.54) is 18.3 Å². The van der Waals surface area contributed by atoms with Crippen molar-refractivity contribution in [1.29, 1.82) is 0 Å². The fourth-order valence-corrected chi connectivity index (χ4v) is 5.95. The molecule has 2 aromatic carbocycles. The lowest BCUT2D eigenvalue weighted by Crippen LogP contribution is -2.41. The van der Waals surface area contributed by atoms with Crippen LogP contribution < -0.4 is 15.4 Å². The summed E-state index contributed by atoms with van der Waals surface area (Å²) in [6.07, 6.45) is 1.51. The number of sulfonamides is 1. The maximum Gasteiger partial charge on any atom is 0.417 e. The quantitative estimate of drug-likeness (QED) is 0.498. The second kappa shape index (κ2) is 9.14. The number of pyridine rings is 1. The lowest BCUT2D eigenvalue weighted by atomic mass is 9.80. The van der Waals surface area contributed by atoms with E-state index in [9.17, 15) is 26.4 Å². The van der Waals surface area contributed by atoms with Gasteiger partial charge in [0, 0.05) is 42.1 Å². The zero-order valence-electron chi connectivity index (χ0n) is 19.8. The number of carbonyl (C=O) groups is 1. The van der Waals surface area contributed by atoms with Gasteiger partial charge < -0.3 is 5.32 Å². The predicted octanol–water partition coefficient (Wildman–Crippen LogP) is 4.96. The molecule has 5 rings (SSSR count). The van der Waals surface area contributed by atoms with Gasteiger partial charge in [-0.1, -0.05) is 31.0 Å². The predicted molar refractivity (Wildman–Crippen MR) is 132 cm³/mol. The Hall–Kier alpha value is -3.44. The molecule has 3 aromatic rings. The molecule has 0 bridgehead atoms. The topological polar surface area (TPSA) is 105 Å². The third kappa shape index (κ3) is 4.80. The highest BCUT2D eigenvalue weighted by atomic mass is 32.2. The van der Waals surface area contributed by atoms with Gasteiger partial charge in [-0.05, 0) is 59.9 Å². The zero-order valence-corrected chi connectivity index (χ0v) is 20.6. The van der Waals surface area contributed by atoms with Gasteiger partial charge in [-0.15, -0.1) is 0 Å². The maximum atomic E-state index is 13.7. The molecule has 0 atom stereocenters. The summed E-state index contributed by atoms with van der Waals surface area (Å²) in [4.78, 5) is 18.8. The number of aromatic nitrogens is 1. The fraction of sp³-hybridized carbons (Fsp3) is 0.308. The number of primary sulfonamides is 1.